The largest absolute Gasteiger partial charge is 0.339 e. The smallest absolute Gasteiger partial charge is 0.252 e. The highest BCUT2D eigenvalue weighted by Gasteiger charge is 2.22. The van der Waals surface area contributed by atoms with E-state index >= 15 is 0 Å². The zero-order chi connectivity index (χ0) is 19.2. The highest BCUT2D eigenvalue weighted by atomic mass is 19.1. The zero-order valence-corrected chi connectivity index (χ0v) is 14.2. The summed E-state index contributed by atoms with van der Waals surface area (Å²) in [4.78, 5) is 16.7. The zero-order valence-electron chi connectivity index (χ0n) is 14.2. The van der Waals surface area contributed by atoms with Crippen LogP contribution in [-0.4, -0.2) is 10.9 Å². The molecular weight excluding hydrogens is 348 g/mol. The van der Waals surface area contributed by atoms with Crippen molar-refractivity contribution in [1.82, 2.24) is 10.3 Å². The van der Waals surface area contributed by atoms with Crippen LogP contribution in [0, 0.1) is 17.1 Å². The van der Waals surface area contributed by atoms with Gasteiger partial charge < -0.3 is 5.32 Å². The van der Waals surface area contributed by atoms with E-state index in [4.69, 9.17) is 5.26 Å². The number of carbonyl (C=O) groups is 1. The number of amides is 1. The summed E-state index contributed by atoms with van der Waals surface area (Å²) in [6.45, 7) is -0.615. The fourth-order valence-electron chi connectivity index (χ4n) is 2.66. The fraction of sp³-hybridized carbons (Fsp3) is 0.0952. The summed E-state index contributed by atoms with van der Waals surface area (Å²) in [6.07, 6.45) is 1.43. The van der Waals surface area contributed by atoms with Gasteiger partial charge in [-0.15, -0.1) is 0 Å². The molecule has 0 bridgehead atoms. The summed E-state index contributed by atoms with van der Waals surface area (Å²) in [7, 11) is 0. The van der Waals surface area contributed by atoms with Crippen LogP contribution in [0.2, 0.25) is 0 Å². The number of nitrogens with one attached hydrogen (secondary N) is 1. The molecule has 1 aromatic heterocycles. The Balaban J connectivity index is 1.97. The number of pyridine rings is 1. The lowest BCUT2D eigenvalue weighted by molar-refractivity contribution is 0.0941. The summed E-state index contributed by atoms with van der Waals surface area (Å²) >= 11 is 0. The van der Waals surface area contributed by atoms with Crippen molar-refractivity contribution in [2.24, 2.45) is 0 Å². The minimum absolute atomic E-state index is 0.0512. The van der Waals surface area contributed by atoms with Gasteiger partial charge >= 0.3 is 0 Å². The number of rotatable bonds is 5. The molecule has 0 saturated heterocycles. The lowest BCUT2D eigenvalue weighted by Crippen LogP contribution is -2.30. The third kappa shape index (κ3) is 4.15. The molecule has 0 aliphatic heterocycles. The number of nitrogens with zero attached hydrogens (tertiary/aromatic N) is 2. The maximum absolute atomic E-state index is 14.3. The van der Waals surface area contributed by atoms with Crippen LogP contribution < -0.4 is 5.32 Å². The molecule has 4 nitrogen and oxygen atoms in total. The maximum Gasteiger partial charge on any atom is 0.252 e. The first-order valence-corrected chi connectivity index (χ1v) is 8.18. The van der Waals surface area contributed by atoms with Crippen LogP contribution in [-0.2, 0) is 6.67 Å². The molecule has 2 aromatic carbocycles. The van der Waals surface area contributed by atoms with Crippen LogP contribution in [0.4, 0.5) is 8.78 Å². The molecule has 0 fully saturated rings. The van der Waals surface area contributed by atoms with Crippen LogP contribution in [0.25, 0.3) is 0 Å². The summed E-state index contributed by atoms with van der Waals surface area (Å²) in [5, 5.41) is 11.7. The Bertz CT molecular complexity index is 997. The van der Waals surface area contributed by atoms with E-state index in [2.05, 4.69) is 10.3 Å². The van der Waals surface area contributed by atoms with Crippen LogP contribution in [0.5, 0.6) is 0 Å². The molecule has 0 radical (unpaired) electrons. The van der Waals surface area contributed by atoms with Crippen molar-refractivity contribution in [2.75, 3.05) is 0 Å². The van der Waals surface area contributed by atoms with Crippen molar-refractivity contribution in [2.45, 2.75) is 12.7 Å². The quantitative estimate of drug-likeness (QED) is 0.743. The average molecular weight is 363 g/mol. The number of aromatic nitrogens is 1. The van der Waals surface area contributed by atoms with E-state index in [-0.39, 0.29) is 11.3 Å². The number of hydrogen-bond acceptors (Lipinski definition) is 3. The topological polar surface area (TPSA) is 65.8 Å². The Morgan fingerprint density at radius 1 is 1.15 bits per heavy atom. The molecule has 134 valence electrons. The Morgan fingerprint density at radius 2 is 1.93 bits per heavy atom. The summed E-state index contributed by atoms with van der Waals surface area (Å²) in [6, 6.07) is 16.4. The lowest BCUT2D eigenvalue weighted by atomic mass is 10.0. The van der Waals surface area contributed by atoms with Gasteiger partial charge in [-0.05, 0) is 41.5 Å². The van der Waals surface area contributed by atoms with Crippen LogP contribution in [0.3, 0.4) is 0 Å². The molecular formula is C21H15F2N3O. The second-order valence-corrected chi connectivity index (χ2v) is 5.84. The second-order valence-electron chi connectivity index (χ2n) is 5.84. The Hall–Kier alpha value is -3.59. The van der Waals surface area contributed by atoms with Gasteiger partial charge in [-0.2, -0.15) is 5.26 Å². The molecule has 0 unspecified atom stereocenters. The Kier molecular flexibility index (Phi) is 5.53. The standard InChI is InChI=1S/C21H15F2N3O/c22-12-14-6-8-16(9-7-14)19(20-18(23)5-2-10-25-20)26-21(27)17-4-1-3-15(11-17)13-24/h1-11,19H,12H2,(H,26,27)/t19-/m0/s1. The van der Waals surface area contributed by atoms with Gasteiger partial charge in [0, 0.05) is 11.8 Å². The number of carbonyl (C=O) groups excluding carboxylic acids is 1. The van der Waals surface area contributed by atoms with Crippen molar-refractivity contribution in [3.63, 3.8) is 0 Å². The van der Waals surface area contributed by atoms with Crippen molar-refractivity contribution in [3.8, 4) is 6.07 Å². The summed E-state index contributed by atoms with van der Waals surface area (Å²) in [5.41, 5.74) is 1.71. The second kappa shape index (κ2) is 8.19. The normalized spacial score (nSPS) is 11.4. The molecule has 1 N–H and O–H groups in total. The third-order valence-corrected chi connectivity index (χ3v) is 4.06. The molecule has 27 heavy (non-hydrogen) atoms. The number of nitriles is 1. The molecule has 3 aromatic rings. The maximum atomic E-state index is 14.3. The first kappa shape index (κ1) is 18.2. The predicted molar refractivity (Wildman–Crippen MR) is 95.9 cm³/mol. The third-order valence-electron chi connectivity index (χ3n) is 4.06. The minimum Gasteiger partial charge on any atom is -0.339 e. The van der Waals surface area contributed by atoms with Crippen LogP contribution in [0.1, 0.15) is 38.8 Å². The van der Waals surface area contributed by atoms with Gasteiger partial charge in [0.2, 0.25) is 0 Å². The summed E-state index contributed by atoms with van der Waals surface area (Å²) in [5.74, 6) is -1.04. The Labute approximate surface area is 155 Å². The van der Waals surface area contributed by atoms with Gasteiger partial charge in [0.05, 0.1) is 17.7 Å². The van der Waals surface area contributed by atoms with E-state index in [0.717, 1.165) is 0 Å². The van der Waals surface area contributed by atoms with Crippen LogP contribution >= 0.6 is 0 Å². The molecule has 1 atom stereocenters. The van der Waals surface area contributed by atoms with Gasteiger partial charge in [-0.25, -0.2) is 8.78 Å². The van der Waals surface area contributed by atoms with Gasteiger partial charge in [0.15, 0.2) is 0 Å². The first-order chi connectivity index (χ1) is 13.1. The SMILES string of the molecule is N#Cc1cccc(C(=O)N[C@@H](c2ccc(CF)cc2)c2ncccc2F)c1. The van der Waals surface area contributed by atoms with Gasteiger partial charge in [-0.3, -0.25) is 9.78 Å². The van der Waals surface area contributed by atoms with Gasteiger partial charge in [0.1, 0.15) is 18.2 Å². The minimum atomic E-state index is -0.863. The van der Waals surface area contributed by atoms with E-state index in [1.807, 2.05) is 6.07 Å². The van der Waals surface area contributed by atoms with E-state index in [9.17, 15) is 13.6 Å². The van der Waals surface area contributed by atoms with Crippen molar-refractivity contribution in [3.05, 3.63) is 101 Å². The van der Waals surface area contributed by atoms with Crippen molar-refractivity contribution >= 4 is 5.91 Å². The van der Waals surface area contributed by atoms with E-state index in [1.165, 1.54) is 24.4 Å². The average Bonchev–Trinajstić information content (AvgIpc) is 2.72. The van der Waals surface area contributed by atoms with E-state index in [0.29, 0.717) is 16.7 Å². The fourth-order valence-corrected chi connectivity index (χ4v) is 2.66. The monoisotopic (exact) mass is 363 g/mol. The van der Waals surface area contributed by atoms with Crippen molar-refractivity contribution in [1.29, 1.82) is 5.26 Å². The lowest BCUT2D eigenvalue weighted by Gasteiger charge is -2.20. The van der Waals surface area contributed by atoms with Gasteiger partial charge in [-0.1, -0.05) is 30.3 Å². The van der Waals surface area contributed by atoms with Gasteiger partial charge in [0.25, 0.3) is 5.91 Å². The van der Waals surface area contributed by atoms with Crippen LogP contribution in [0.15, 0.2) is 66.9 Å². The number of alkyl halides is 1. The number of hydrogen-bond donors (Lipinski definition) is 1. The summed E-state index contributed by atoms with van der Waals surface area (Å²) < 4.78 is 27.1. The first-order valence-electron chi connectivity index (χ1n) is 8.18. The molecule has 0 saturated carbocycles. The predicted octanol–water partition coefficient (Wildman–Crippen LogP) is 4.08. The Morgan fingerprint density at radius 3 is 2.59 bits per heavy atom. The highest BCUT2D eigenvalue weighted by molar-refractivity contribution is 5.95. The number of halogens is 2. The highest BCUT2D eigenvalue weighted by Crippen LogP contribution is 2.24. The molecule has 1 heterocycles. The molecule has 0 aliphatic carbocycles. The molecule has 3 rings (SSSR count). The molecule has 0 aliphatic rings. The van der Waals surface area contributed by atoms with E-state index < -0.39 is 24.4 Å². The number of benzene rings is 2. The van der Waals surface area contributed by atoms with E-state index in [1.54, 1.807) is 42.5 Å². The molecule has 6 heteroatoms. The van der Waals surface area contributed by atoms with Crippen molar-refractivity contribution < 1.29 is 13.6 Å². The molecule has 0 spiro atoms. The molecule has 1 amide bonds.